The molecule has 0 aliphatic carbocycles. The van der Waals surface area contributed by atoms with Crippen molar-refractivity contribution in [1.29, 1.82) is 0 Å². The maximum Gasteiger partial charge on any atom is 0.134 e. The summed E-state index contributed by atoms with van der Waals surface area (Å²) >= 11 is 5.65. The SMILES string of the molecule is Oc1cc2cn[nH]c2cc1Cl. The third-order valence-electron chi connectivity index (χ3n) is 1.51. The third kappa shape index (κ3) is 0.935. The first-order valence-electron chi connectivity index (χ1n) is 3.09. The Labute approximate surface area is 67.6 Å². The third-order valence-corrected chi connectivity index (χ3v) is 1.81. The summed E-state index contributed by atoms with van der Waals surface area (Å²) in [5.41, 5.74) is 0.827. The van der Waals surface area contributed by atoms with Crippen molar-refractivity contribution in [2.24, 2.45) is 0 Å². The summed E-state index contributed by atoms with van der Waals surface area (Å²) in [5.74, 6) is 0.0839. The van der Waals surface area contributed by atoms with Crippen molar-refractivity contribution < 1.29 is 5.11 Å². The summed E-state index contributed by atoms with van der Waals surface area (Å²) in [5, 5.41) is 16.9. The number of hydrogen-bond acceptors (Lipinski definition) is 2. The lowest BCUT2D eigenvalue weighted by atomic mass is 10.2. The summed E-state index contributed by atoms with van der Waals surface area (Å²) in [6, 6.07) is 3.21. The first-order chi connectivity index (χ1) is 5.27. The first-order valence-corrected chi connectivity index (χ1v) is 3.47. The number of aromatic hydroxyl groups is 1. The van der Waals surface area contributed by atoms with E-state index in [2.05, 4.69) is 10.2 Å². The predicted molar refractivity (Wildman–Crippen MR) is 42.8 cm³/mol. The minimum atomic E-state index is 0.0839. The van der Waals surface area contributed by atoms with E-state index in [9.17, 15) is 0 Å². The average molecular weight is 169 g/mol. The van der Waals surface area contributed by atoms with Gasteiger partial charge in [0, 0.05) is 5.39 Å². The van der Waals surface area contributed by atoms with Crippen molar-refractivity contribution in [1.82, 2.24) is 10.2 Å². The number of aromatic amines is 1. The van der Waals surface area contributed by atoms with Crippen molar-refractivity contribution in [3.8, 4) is 5.75 Å². The molecule has 56 valence electrons. The molecule has 0 saturated carbocycles. The topological polar surface area (TPSA) is 48.9 Å². The number of benzene rings is 1. The van der Waals surface area contributed by atoms with E-state index in [0.717, 1.165) is 10.9 Å². The van der Waals surface area contributed by atoms with Crippen LogP contribution in [0.15, 0.2) is 18.3 Å². The monoisotopic (exact) mass is 168 g/mol. The Morgan fingerprint density at radius 2 is 2.27 bits per heavy atom. The van der Waals surface area contributed by atoms with Crippen LogP contribution in [0.4, 0.5) is 0 Å². The number of rotatable bonds is 0. The van der Waals surface area contributed by atoms with E-state index < -0.39 is 0 Å². The minimum Gasteiger partial charge on any atom is -0.506 e. The van der Waals surface area contributed by atoms with Crippen LogP contribution in [-0.2, 0) is 0 Å². The van der Waals surface area contributed by atoms with Crippen LogP contribution in [0.2, 0.25) is 5.02 Å². The van der Waals surface area contributed by atoms with Gasteiger partial charge in [-0.25, -0.2) is 0 Å². The lowest BCUT2D eigenvalue weighted by Crippen LogP contribution is -1.70. The van der Waals surface area contributed by atoms with E-state index in [4.69, 9.17) is 16.7 Å². The fourth-order valence-corrected chi connectivity index (χ4v) is 1.12. The Bertz CT molecular complexity index is 360. The number of hydrogen-bond donors (Lipinski definition) is 2. The second-order valence-corrected chi connectivity index (χ2v) is 2.67. The van der Waals surface area contributed by atoms with Crippen LogP contribution in [0.1, 0.15) is 0 Å². The van der Waals surface area contributed by atoms with E-state index in [0.29, 0.717) is 5.02 Å². The fraction of sp³-hybridized carbons (Fsp3) is 0. The van der Waals surface area contributed by atoms with Gasteiger partial charge in [0.1, 0.15) is 5.75 Å². The Morgan fingerprint density at radius 3 is 3.09 bits per heavy atom. The number of phenols is 1. The van der Waals surface area contributed by atoms with Gasteiger partial charge in [-0.1, -0.05) is 11.6 Å². The molecule has 3 nitrogen and oxygen atoms in total. The molecule has 0 radical (unpaired) electrons. The molecule has 0 bridgehead atoms. The van der Waals surface area contributed by atoms with Gasteiger partial charge in [-0.3, -0.25) is 5.10 Å². The smallest absolute Gasteiger partial charge is 0.134 e. The molecule has 0 aliphatic heterocycles. The zero-order valence-corrected chi connectivity index (χ0v) is 6.26. The second kappa shape index (κ2) is 2.13. The van der Waals surface area contributed by atoms with Crippen molar-refractivity contribution >= 4 is 22.5 Å². The molecule has 0 aliphatic rings. The van der Waals surface area contributed by atoms with Gasteiger partial charge in [0.2, 0.25) is 0 Å². The van der Waals surface area contributed by atoms with Gasteiger partial charge in [0.15, 0.2) is 0 Å². The Morgan fingerprint density at radius 1 is 1.45 bits per heavy atom. The molecule has 2 rings (SSSR count). The van der Waals surface area contributed by atoms with Crippen LogP contribution in [0.25, 0.3) is 10.9 Å². The molecule has 0 atom stereocenters. The molecule has 11 heavy (non-hydrogen) atoms. The van der Waals surface area contributed by atoms with E-state index >= 15 is 0 Å². The molecule has 0 saturated heterocycles. The largest absolute Gasteiger partial charge is 0.506 e. The lowest BCUT2D eigenvalue weighted by molar-refractivity contribution is 0.476. The number of halogens is 1. The summed E-state index contributed by atoms with van der Waals surface area (Å²) in [6.45, 7) is 0. The van der Waals surface area contributed by atoms with Crippen LogP contribution in [0.5, 0.6) is 5.75 Å². The number of nitrogens with zero attached hydrogens (tertiary/aromatic N) is 1. The van der Waals surface area contributed by atoms with E-state index in [-0.39, 0.29) is 5.75 Å². The maximum absolute atomic E-state index is 9.16. The summed E-state index contributed by atoms with van der Waals surface area (Å²) < 4.78 is 0. The van der Waals surface area contributed by atoms with Gasteiger partial charge >= 0.3 is 0 Å². The van der Waals surface area contributed by atoms with Gasteiger partial charge < -0.3 is 5.11 Å². The number of fused-ring (bicyclic) bond motifs is 1. The van der Waals surface area contributed by atoms with E-state index in [1.165, 1.54) is 0 Å². The molecule has 0 fully saturated rings. The van der Waals surface area contributed by atoms with E-state index in [1.807, 2.05) is 0 Å². The molecular formula is C7H5ClN2O. The normalized spacial score (nSPS) is 10.6. The number of nitrogens with one attached hydrogen (secondary N) is 1. The number of aromatic nitrogens is 2. The molecule has 1 aromatic heterocycles. The van der Waals surface area contributed by atoms with Gasteiger partial charge in [-0.2, -0.15) is 5.10 Å². The van der Waals surface area contributed by atoms with Crippen LogP contribution >= 0.6 is 11.6 Å². The van der Waals surface area contributed by atoms with Crippen LogP contribution in [-0.4, -0.2) is 15.3 Å². The molecule has 4 heteroatoms. The van der Waals surface area contributed by atoms with Crippen molar-refractivity contribution in [2.45, 2.75) is 0 Å². The van der Waals surface area contributed by atoms with Crippen molar-refractivity contribution in [2.75, 3.05) is 0 Å². The maximum atomic E-state index is 9.16. The van der Waals surface area contributed by atoms with Crippen LogP contribution in [0, 0.1) is 0 Å². The quantitative estimate of drug-likeness (QED) is 0.632. The zero-order chi connectivity index (χ0) is 7.84. The highest BCUT2D eigenvalue weighted by atomic mass is 35.5. The van der Waals surface area contributed by atoms with E-state index in [1.54, 1.807) is 18.3 Å². The van der Waals surface area contributed by atoms with Gasteiger partial charge in [0.25, 0.3) is 0 Å². The van der Waals surface area contributed by atoms with Crippen LogP contribution < -0.4 is 0 Å². The summed E-state index contributed by atoms with van der Waals surface area (Å²) in [6.07, 6.45) is 1.63. The highest BCUT2D eigenvalue weighted by molar-refractivity contribution is 6.32. The number of H-pyrrole nitrogens is 1. The van der Waals surface area contributed by atoms with Gasteiger partial charge in [-0.05, 0) is 12.1 Å². The molecule has 2 aromatic rings. The average Bonchev–Trinajstić information content (AvgIpc) is 2.36. The molecular weight excluding hydrogens is 164 g/mol. The second-order valence-electron chi connectivity index (χ2n) is 2.26. The molecule has 0 spiro atoms. The van der Waals surface area contributed by atoms with Crippen molar-refractivity contribution in [3.63, 3.8) is 0 Å². The minimum absolute atomic E-state index is 0.0839. The zero-order valence-electron chi connectivity index (χ0n) is 5.50. The fourth-order valence-electron chi connectivity index (χ4n) is 0.953. The summed E-state index contributed by atoms with van der Waals surface area (Å²) in [4.78, 5) is 0. The first kappa shape index (κ1) is 6.49. The highest BCUT2D eigenvalue weighted by Gasteiger charge is 2.01. The van der Waals surface area contributed by atoms with Gasteiger partial charge in [-0.15, -0.1) is 0 Å². The Balaban J connectivity index is 2.86. The van der Waals surface area contributed by atoms with Gasteiger partial charge in [0.05, 0.1) is 16.7 Å². The highest BCUT2D eigenvalue weighted by Crippen LogP contribution is 2.27. The lowest BCUT2D eigenvalue weighted by Gasteiger charge is -1.94. The summed E-state index contributed by atoms with van der Waals surface area (Å²) in [7, 11) is 0. The Hall–Kier alpha value is -1.22. The molecule has 1 aromatic carbocycles. The predicted octanol–water partition coefficient (Wildman–Crippen LogP) is 1.92. The molecule has 1 heterocycles. The number of phenolic OH excluding ortho intramolecular Hbond substituents is 1. The molecule has 2 N–H and O–H groups in total. The molecule has 0 amide bonds. The van der Waals surface area contributed by atoms with Crippen molar-refractivity contribution in [3.05, 3.63) is 23.4 Å². The van der Waals surface area contributed by atoms with Crippen LogP contribution in [0.3, 0.4) is 0 Å². The Kier molecular flexibility index (Phi) is 1.26. The molecule has 0 unspecified atom stereocenters. The standard InChI is InChI=1S/C7H5ClN2O/c8-5-2-6-4(1-7(5)11)3-9-10-6/h1-3,11H,(H,9,10).